The maximum atomic E-state index is 14.7. The van der Waals surface area contributed by atoms with Gasteiger partial charge in [-0.25, -0.2) is 8.78 Å². The number of benzene rings is 3. The molecule has 0 spiro atoms. The highest BCUT2D eigenvalue weighted by molar-refractivity contribution is 5.88. The maximum Gasteiger partial charge on any atom is 0.134 e. The van der Waals surface area contributed by atoms with Gasteiger partial charge in [0.15, 0.2) is 0 Å². The molecule has 3 rings (SSSR count). The van der Waals surface area contributed by atoms with E-state index in [-0.39, 0.29) is 5.56 Å². The van der Waals surface area contributed by atoms with Gasteiger partial charge < -0.3 is 9.47 Å². The lowest BCUT2D eigenvalue weighted by atomic mass is 9.92. The van der Waals surface area contributed by atoms with E-state index in [4.69, 9.17) is 9.47 Å². The van der Waals surface area contributed by atoms with E-state index < -0.39 is 11.6 Å². The molecule has 0 saturated carbocycles. The van der Waals surface area contributed by atoms with E-state index >= 15 is 0 Å². The molecule has 3 aromatic carbocycles. The molecule has 0 fully saturated rings. The second-order valence-electron chi connectivity index (χ2n) is 5.21. The van der Waals surface area contributed by atoms with Gasteiger partial charge >= 0.3 is 0 Å². The largest absolute Gasteiger partial charge is 0.496 e. The number of methoxy groups -OCH3 is 2. The van der Waals surface area contributed by atoms with Crippen LogP contribution in [0.1, 0.15) is 0 Å². The van der Waals surface area contributed by atoms with Crippen molar-refractivity contribution in [2.24, 2.45) is 0 Å². The third kappa shape index (κ3) is 2.83. The Morgan fingerprint density at radius 3 is 1.83 bits per heavy atom. The minimum absolute atomic E-state index is 0.276. The third-order valence-corrected chi connectivity index (χ3v) is 3.83. The molecule has 0 aliphatic heterocycles. The predicted molar refractivity (Wildman–Crippen MR) is 90.3 cm³/mol. The van der Waals surface area contributed by atoms with Gasteiger partial charge in [0.1, 0.15) is 23.1 Å². The summed E-state index contributed by atoms with van der Waals surface area (Å²) in [7, 11) is 3.04. The van der Waals surface area contributed by atoms with Crippen LogP contribution in [-0.4, -0.2) is 14.2 Å². The van der Waals surface area contributed by atoms with Crippen LogP contribution in [0.25, 0.3) is 22.3 Å². The van der Waals surface area contributed by atoms with E-state index in [1.807, 2.05) is 0 Å². The highest BCUT2D eigenvalue weighted by Crippen LogP contribution is 2.42. The standard InChI is InChI=1S/C20H16F2O2/c1-23-18-9-5-3-7-14(18)16-11-13(21)12-17(22)20(16)15-8-4-6-10-19(15)24-2/h3-12H,1-2H3. The van der Waals surface area contributed by atoms with Crippen molar-refractivity contribution in [2.75, 3.05) is 14.2 Å². The monoisotopic (exact) mass is 326 g/mol. The molecule has 0 aromatic heterocycles. The van der Waals surface area contributed by atoms with E-state index in [2.05, 4.69) is 0 Å². The smallest absolute Gasteiger partial charge is 0.134 e. The molecule has 2 nitrogen and oxygen atoms in total. The predicted octanol–water partition coefficient (Wildman–Crippen LogP) is 5.32. The quantitative estimate of drug-likeness (QED) is 0.646. The van der Waals surface area contributed by atoms with Crippen molar-refractivity contribution in [3.8, 4) is 33.8 Å². The fourth-order valence-electron chi connectivity index (χ4n) is 2.78. The number of para-hydroxylation sites is 2. The third-order valence-electron chi connectivity index (χ3n) is 3.83. The molecule has 0 heterocycles. The number of halogens is 2. The van der Waals surface area contributed by atoms with Gasteiger partial charge in [-0.3, -0.25) is 0 Å². The lowest BCUT2D eigenvalue weighted by Gasteiger charge is -2.16. The van der Waals surface area contributed by atoms with Crippen molar-refractivity contribution in [3.63, 3.8) is 0 Å². The molecule has 0 aliphatic carbocycles. The summed E-state index contributed by atoms with van der Waals surface area (Å²) in [6.45, 7) is 0. The molecule has 0 unspecified atom stereocenters. The number of hydrogen-bond donors (Lipinski definition) is 0. The Morgan fingerprint density at radius 1 is 0.667 bits per heavy atom. The molecule has 24 heavy (non-hydrogen) atoms. The minimum atomic E-state index is -0.652. The Hall–Kier alpha value is -2.88. The lowest BCUT2D eigenvalue weighted by Crippen LogP contribution is -1.96. The average Bonchev–Trinajstić information content (AvgIpc) is 2.61. The zero-order valence-electron chi connectivity index (χ0n) is 13.3. The Bertz CT molecular complexity index is 875. The second-order valence-corrected chi connectivity index (χ2v) is 5.21. The van der Waals surface area contributed by atoms with E-state index in [9.17, 15) is 8.78 Å². The van der Waals surface area contributed by atoms with E-state index in [1.165, 1.54) is 20.3 Å². The number of ether oxygens (including phenoxy) is 2. The van der Waals surface area contributed by atoms with E-state index in [1.54, 1.807) is 48.5 Å². The van der Waals surface area contributed by atoms with Crippen LogP contribution in [0, 0.1) is 11.6 Å². The van der Waals surface area contributed by atoms with Crippen molar-refractivity contribution < 1.29 is 18.3 Å². The number of rotatable bonds is 4. The van der Waals surface area contributed by atoms with Crippen molar-refractivity contribution in [3.05, 3.63) is 72.3 Å². The lowest BCUT2D eigenvalue weighted by molar-refractivity contribution is 0.415. The second kappa shape index (κ2) is 6.71. The first-order valence-corrected chi connectivity index (χ1v) is 7.41. The summed E-state index contributed by atoms with van der Waals surface area (Å²) in [5.74, 6) is -0.245. The van der Waals surface area contributed by atoms with Gasteiger partial charge in [-0.05, 0) is 23.8 Å². The molecular formula is C20H16F2O2. The molecule has 4 heteroatoms. The zero-order chi connectivity index (χ0) is 17.1. The van der Waals surface area contributed by atoms with Crippen LogP contribution in [0.4, 0.5) is 8.78 Å². The molecule has 122 valence electrons. The summed E-state index contributed by atoms with van der Waals surface area (Å²) in [5.41, 5.74) is 1.85. The van der Waals surface area contributed by atoms with Crippen molar-refractivity contribution in [2.45, 2.75) is 0 Å². The van der Waals surface area contributed by atoms with E-state index in [0.29, 0.717) is 28.2 Å². The Kier molecular flexibility index (Phi) is 4.47. The minimum Gasteiger partial charge on any atom is -0.496 e. The highest BCUT2D eigenvalue weighted by Gasteiger charge is 2.19. The van der Waals surface area contributed by atoms with Crippen LogP contribution >= 0.6 is 0 Å². The molecule has 0 saturated heterocycles. The first-order valence-electron chi connectivity index (χ1n) is 7.41. The summed E-state index contributed by atoms with van der Waals surface area (Å²) in [6, 6.07) is 16.4. The zero-order valence-corrected chi connectivity index (χ0v) is 13.3. The SMILES string of the molecule is COc1ccccc1-c1cc(F)cc(F)c1-c1ccccc1OC. The van der Waals surface area contributed by atoms with Gasteiger partial charge in [-0.1, -0.05) is 36.4 Å². The summed E-state index contributed by atoms with van der Waals surface area (Å²) in [5, 5.41) is 0. The Labute approximate surface area is 139 Å². The Morgan fingerprint density at radius 2 is 1.21 bits per heavy atom. The fraction of sp³-hybridized carbons (Fsp3) is 0.100. The molecule has 0 aliphatic rings. The van der Waals surface area contributed by atoms with Crippen molar-refractivity contribution in [1.29, 1.82) is 0 Å². The van der Waals surface area contributed by atoms with Gasteiger partial charge in [0.05, 0.1) is 14.2 Å². The first kappa shape index (κ1) is 16.0. The maximum absolute atomic E-state index is 14.7. The number of hydrogen-bond acceptors (Lipinski definition) is 2. The molecule has 0 radical (unpaired) electrons. The van der Waals surface area contributed by atoms with Gasteiger partial charge in [0.2, 0.25) is 0 Å². The molecule has 0 atom stereocenters. The van der Waals surface area contributed by atoms with Gasteiger partial charge in [0, 0.05) is 22.8 Å². The van der Waals surface area contributed by atoms with Crippen molar-refractivity contribution >= 4 is 0 Å². The topological polar surface area (TPSA) is 18.5 Å². The van der Waals surface area contributed by atoms with Crippen LogP contribution in [0.2, 0.25) is 0 Å². The molecule has 0 amide bonds. The molecule has 3 aromatic rings. The molecule has 0 N–H and O–H groups in total. The van der Waals surface area contributed by atoms with Crippen molar-refractivity contribution in [1.82, 2.24) is 0 Å². The highest BCUT2D eigenvalue weighted by atomic mass is 19.1. The fourth-order valence-corrected chi connectivity index (χ4v) is 2.78. The van der Waals surface area contributed by atoms with Crippen LogP contribution in [-0.2, 0) is 0 Å². The van der Waals surface area contributed by atoms with Gasteiger partial charge in [0.25, 0.3) is 0 Å². The molecular weight excluding hydrogens is 310 g/mol. The van der Waals surface area contributed by atoms with Crippen LogP contribution in [0.5, 0.6) is 11.5 Å². The summed E-state index contributed by atoms with van der Waals surface area (Å²) in [6.07, 6.45) is 0. The van der Waals surface area contributed by atoms with Crippen LogP contribution < -0.4 is 9.47 Å². The van der Waals surface area contributed by atoms with Crippen LogP contribution in [0.15, 0.2) is 60.7 Å². The summed E-state index contributed by atoms with van der Waals surface area (Å²) in [4.78, 5) is 0. The Balaban J connectivity index is 2.35. The van der Waals surface area contributed by atoms with E-state index in [0.717, 1.165) is 6.07 Å². The average molecular weight is 326 g/mol. The van der Waals surface area contributed by atoms with Gasteiger partial charge in [-0.15, -0.1) is 0 Å². The van der Waals surface area contributed by atoms with Crippen LogP contribution in [0.3, 0.4) is 0 Å². The molecule has 0 bridgehead atoms. The summed E-state index contributed by atoms with van der Waals surface area (Å²) < 4.78 is 39.3. The first-order chi connectivity index (χ1) is 11.7. The summed E-state index contributed by atoms with van der Waals surface area (Å²) >= 11 is 0. The normalized spacial score (nSPS) is 10.5. The van der Waals surface area contributed by atoms with Gasteiger partial charge in [-0.2, -0.15) is 0 Å².